The topological polar surface area (TPSA) is 46.1 Å². The number of amides is 1. The van der Waals surface area contributed by atoms with E-state index in [0.29, 0.717) is 5.69 Å². The Morgan fingerprint density at radius 3 is 2.82 bits per heavy atom. The van der Waals surface area contributed by atoms with E-state index in [2.05, 4.69) is 17.1 Å². The number of nitrogens with zero attached hydrogens (tertiary/aromatic N) is 3. The van der Waals surface area contributed by atoms with Gasteiger partial charge in [0.1, 0.15) is 0 Å². The summed E-state index contributed by atoms with van der Waals surface area (Å²) < 4.78 is 0. The van der Waals surface area contributed by atoms with E-state index in [0.717, 1.165) is 31.8 Å². The molecule has 1 aliphatic rings. The number of likely N-dealkylation sites (tertiary alicyclic amines) is 1. The Labute approximate surface area is 102 Å². The molecule has 2 heterocycles. The Balaban J connectivity index is 1.91. The molecule has 4 heteroatoms. The van der Waals surface area contributed by atoms with Crippen molar-refractivity contribution in [3.8, 4) is 0 Å². The molecule has 0 atom stereocenters. The molecule has 2 rings (SSSR count). The number of piperidine rings is 1. The molecule has 1 aromatic heterocycles. The highest BCUT2D eigenvalue weighted by atomic mass is 16.2. The second-order valence-electron chi connectivity index (χ2n) is 4.63. The molecule has 0 aliphatic carbocycles. The van der Waals surface area contributed by atoms with Crippen molar-refractivity contribution in [2.45, 2.75) is 32.6 Å². The van der Waals surface area contributed by atoms with E-state index in [1.54, 1.807) is 18.3 Å². The fourth-order valence-corrected chi connectivity index (χ4v) is 2.41. The molecule has 0 aromatic carbocycles. The summed E-state index contributed by atoms with van der Waals surface area (Å²) in [5.74, 6) is 0.818. The van der Waals surface area contributed by atoms with Crippen molar-refractivity contribution in [3.63, 3.8) is 0 Å². The number of hydrogen-bond acceptors (Lipinski definition) is 3. The van der Waals surface area contributed by atoms with E-state index in [9.17, 15) is 4.79 Å². The van der Waals surface area contributed by atoms with Crippen LogP contribution in [-0.2, 0) is 0 Å². The summed E-state index contributed by atoms with van der Waals surface area (Å²) in [7, 11) is 0. The summed E-state index contributed by atoms with van der Waals surface area (Å²) in [5.41, 5.74) is 0.460. The standard InChI is InChI=1S/C13H19N3O/c1-2-4-11-6-9-16(10-7-11)13(17)12-5-3-8-14-15-12/h3,5,8,11H,2,4,6-7,9-10H2,1H3. The Morgan fingerprint density at radius 2 is 2.24 bits per heavy atom. The van der Waals surface area contributed by atoms with Crippen LogP contribution in [0.4, 0.5) is 0 Å². The molecule has 92 valence electrons. The Bertz CT molecular complexity index is 358. The number of carbonyl (C=O) groups is 1. The van der Waals surface area contributed by atoms with Crippen molar-refractivity contribution in [1.82, 2.24) is 15.1 Å². The first-order valence-corrected chi connectivity index (χ1v) is 6.38. The predicted molar refractivity (Wildman–Crippen MR) is 65.6 cm³/mol. The van der Waals surface area contributed by atoms with Gasteiger partial charge in [0.05, 0.1) is 0 Å². The number of carbonyl (C=O) groups excluding carboxylic acids is 1. The minimum absolute atomic E-state index is 0.0213. The molecule has 17 heavy (non-hydrogen) atoms. The van der Waals surface area contributed by atoms with E-state index in [1.165, 1.54) is 12.8 Å². The van der Waals surface area contributed by atoms with Gasteiger partial charge in [-0.25, -0.2) is 0 Å². The molecule has 1 fully saturated rings. The summed E-state index contributed by atoms with van der Waals surface area (Å²) >= 11 is 0. The van der Waals surface area contributed by atoms with Crippen LogP contribution in [0.25, 0.3) is 0 Å². The minimum atomic E-state index is 0.0213. The zero-order chi connectivity index (χ0) is 12.1. The summed E-state index contributed by atoms with van der Waals surface area (Å²) in [6.07, 6.45) is 6.36. The normalized spacial score (nSPS) is 17.1. The van der Waals surface area contributed by atoms with Crippen molar-refractivity contribution < 1.29 is 4.79 Å². The van der Waals surface area contributed by atoms with Gasteiger partial charge in [-0.05, 0) is 30.9 Å². The quantitative estimate of drug-likeness (QED) is 0.803. The van der Waals surface area contributed by atoms with E-state index >= 15 is 0 Å². The molecule has 1 aliphatic heterocycles. The van der Waals surface area contributed by atoms with Crippen LogP contribution in [0.5, 0.6) is 0 Å². The minimum Gasteiger partial charge on any atom is -0.337 e. The van der Waals surface area contributed by atoms with Gasteiger partial charge >= 0.3 is 0 Å². The summed E-state index contributed by atoms with van der Waals surface area (Å²) in [4.78, 5) is 14.0. The first-order chi connectivity index (χ1) is 8.31. The SMILES string of the molecule is CCCC1CCN(C(=O)c2cccnn2)CC1. The van der Waals surface area contributed by atoms with E-state index in [4.69, 9.17) is 0 Å². The van der Waals surface area contributed by atoms with E-state index in [-0.39, 0.29) is 5.91 Å². The van der Waals surface area contributed by atoms with Crippen LogP contribution in [0.15, 0.2) is 18.3 Å². The highest BCUT2D eigenvalue weighted by Gasteiger charge is 2.23. The lowest BCUT2D eigenvalue weighted by Crippen LogP contribution is -2.38. The third kappa shape index (κ3) is 3.02. The van der Waals surface area contributed by atoms with Crippen LogP contribution >= 0.6 is 0 Å². The third-order valence-corrected chi connectivity index (χ3v) is 3.39. The maximum absolute atomic E-state index is 12.1. The van der Waals surface area contributed by atoms with Gasteiger partial charge in [0.25, 0.3) is 5.91 Å². The Kier molecular flexibility index (Phi) is 4.07. The second kappa shape index (κ2) is 5.75. The lowest BCUT2D eigenvalue weighted by Gasteiger charge is -2.31. The average molecular weight is 233 g/mol. The molecule has 0 bridgehead atoms. The fourth-order valence-electron chi connectivity index (χ4n) is 2.41. The fraction of sp³-hybridized carbons (Fsp3) is 0.615. The molecule has 0 unspecified atom stereocenters. The molecule has 1 saturated heterocycles. The average Bonchev–Trinajstić information content (AvgIpc) is 2.40. The van der Waals surface area contributed by atoms with E-state index < -0.39 is 0 Å². The van der Waals surface area contributed by atoms with Gasteiger partial charge in [-0.3, -0.25) is 4.79 Å². The lowest BCUT2D eigenvalue weighted by molar-refractivity contribution is 0.0679. The van der Waals surface area contributed by atoms with Gasteiger partial charge in [0, 0.05) is 19.3 Å². The van der Waals surface area contributed by atoms with Gasteiger partial charge < -0.3 is 4.90 Å². The molecular formula is C13H19N3O. The van der Waals surface area contributed by atoms with Crippen molar-refractivity contribution in [2.24, 2.45) is 5.92 Å². The molecule has 1 aromatic rings. The number of hydrogen-bond donors (Lipinski definition) is 0. The molecule has 0 spiro atoms. The maximum Gasteiger partial charge on any atom is 0.274 e. The molecule has 0 radical (unpaired) electrons. The van der Waals surface area contributed by atoms with Gasteiger partial charge in [-0.1, -0.05) is 19.8 Å². The Hall–Kier alpha value is -1.45. The van der Waals surface area contributed by atoms with Gasteiger partial charge in [0.2, 0.25) is 0 Å². The predicted octanol–water partition coefficient (Wildman–Crippen LogP) is 2.13. The van der Waals surface area contributed by atoms with Crippen LogP contribution in [0.3, 0.4) is 0 Å². The molecule has 0 N–H and O–H groups in total. The third-order valence-electron chi connectivity index (χ3n) is 3.39. The highest BCUT2D eigenvalue weighted by molar-refractivity contribution is 5.92. The lowest BCUT2D eigenvalue weighted by atomic mass is 9.92. The molecule has 0 saturated carbocycles. The second-order valence-corrected chi connectivity index (χ2v) is 4.63. The van der Waals surface area contributed by atoms with Crippen LogP contribution in [0.1, 0.15) is 43.1 Å². The summed E-state index contributed by atoms with van der Waals surface area (Å²) in [5, 5.41) is 7.62. The highest BCUT2D eigenvalue weighted by Crippen LogP contribution is 2.22. The van der Waals surface area contributed by atoms with Crippen LogP contribution in [0, 0.1) is 5.92 Å². The number of rotatable bonds is 3. The van der Waals surface area contributed by atoms with Gasteiger partial charge in [-0.2, -0.15) is 5.10 Å². The van der Waals surface area contributed by atoms with Crippen molar-refractivity contribution in [2.75, 3.05) is 13.1 Å². The Morgan fingerprint density at radius 1 is 1.47 bits per heavy atom. The monoisotopic (exact) mass is 233 g/mol. The van der Waals surface area contributed by atoms with Crippen molar-refractivity contribution >= 4 is 5.91 Å². The summed E-state index contributed by atoms with van der Waals surface area (Å²) in [6, 6.07) is 3.48. The number of aromatic nitrogens is 2. The first-order valence-electron chi connectivity index (χ1n) is 6.38. The zero-order valence-electron chi connectivity index (χ0n) is 10.3. The summed E-state index contributed by atoms with van der Waals surface area (Å²) in [6.45, 7) is 3.94. The van der Waals surface area contributed by atoms with Crippen molar-refractivity contribution in [3.05, 3.63) is 24.0 Å². The molecular weight excluding hydrogens is 214 g/mol. The van der Waals surface area contributed by atoms with Gasteiger partial charge in [-0.15, -0.1) is 5.10 Å². The molecule has 4 nitrogen and oxygen atoms in total. The van der Waals surface area contributed by atoms with E-state index in [1.807, 2.05) is 4.90 Å². The van der Waals surface area contributed by atoms with Gasteiger partial charge in [0.15, 0.2) is 5.69 Å². The van der Waals surface area contributed by atoms with Crippen molar-refractivity contribution in [1.29, 1.82) is 0 Å². The van der Waals surface area contributed by atoms with Crippen LogP contribution in [0.2, 0.25) is 0 Å². The largest absolute Gasteiger partial charge is 0.337 e. The zero-order valence-corrected chi connectivity index (χ0v) is 10.3. The van der Waals surface area contributed by atoms with Crippen LogP contribution < -0.4 is 0 Å². The smallest absolute Gasteiger partial charge is 0.274 e. The first kappa shape index (κ1) is 12.0. The molecule has 1 amide bonds. The maximum atomic E-state index is 12.1. The van der Waals surface area contributed by atoms with Crippen LogP contribution in [-0.4, -0.2) is 34.1 Å².